The summed E-state index contributed by atoms with van der Waals surface area (Å²) >= 11 is 1.31. The lowest BCUT2D eigenvalue weighted by Gasteiger charge is -2.01. The van der Waals surface area contributed by atoms with E-state index in [1.807, 2.05) is 23.6 Å². The van der Waals surface area contributed by atoms with Crippen LogP contribution < -0.4 is 10.6 Å². The zero-order chi connectivity index (χ0) is 18.8. The maximum atomic E-state index is 13.1. The highest BCUT2D eigenvalue weighted by atomic mass is 32.1. The van der Waals surface area contributed by atoms with Crippen molar-refractivity contribution in [3.63, 3.8) is 0 Å². The van der Waals surface area contributed by atoms with Crippen LogP contribution in [0.15, 0.2) is 53.9 Å². The van der Waals surface area contributed by atoms with Gasteiger partial charge in [0.05, 0.1) is 12.1 Å². The largest absolute Gasteiger partial charge is 0.326 e. The molecule has 0 saturated heterocycles. The Morgan fingerprint density at radius 2 is 2.15 bits per heavy atom. The first-order valence-electron chi connectivity index (χ1n) is 8.20. The maximum Gasteiger partial charge on any atom is 0.250 e. The van der Waals surface area contributed by atoms with Crippen LogP contribution >= 0.6 is 11.3 Å². The normalized spacial score (nSPS) is 12.9. The Hall–Kier alpha value is -3.32. The minimum atomic E-state index is -0.353. The van der Waals surface area contributed by atoms with Gasteiger partial charge in [-0.15, -0.1) is 11.3 Å². The third-order valence-corrected chi connectivity index (χ3v) is 4.79. The molecule has 0 aliphatic carbocycles. The van der Waals surface area contributed by atoms with Gasteiger partial charge >= 0.3 is 0 Å². The number of anilines is 2. The first-order valence-corrected chi connectivity index (χ1v) is 9.08. The van der Waals surface area contributed by atoms with E-state index in [0.29, 0.717) is 17.1 Å². The number of hydrogen-bond acceptors (Lipinski definition) is 4. The molecular weight excluding hydrogens is 365 g/mol. The van der Waals surface area contributed by atoms with Gasteiger partial charge in [0.2, 0.25) is 11.8 Å². The Labute approximate surface area is 158 Å². The number of fused-ring (bicyclic) bond motifs is 1. The van der Waals surface area contributed by atoms with Gasteiger partial charge in [-0.25, -0.2) is 9.37 Å². The molecule has 2 heterocycles. The Balaban J connectivity index is 1.44. The molecule has 1 aliphatic heterocycles. The van der Waals surface area contributed by atoms with Crippen molar-refractivity contribution in [3.05, 3.63) is 70.9 Å². The molecule has 7 heteroatoms. The summed E-state index contributed by atoms with van der Waals surface area (Å²) in [6, 6.07) is 11.7. The number of amides is 2. The molecule has 0 bridgehead atoms. The van der Waals surface area contributed by atoms with E-state index >= 15 is 0 Å². The van der Waals surface area contributed by atoms with Crippen LogP contribution in [0.25, 0.3) is 17.3 Å². The highest BCUT2D eigenvalue weighted by Crippen LogP contribution is 2.30. The second kappa shape index (κ2) is 7.13. The summed E-state index contributed by atoms with van der Waals surface area (Å²) in [5.41, 5.74) is 3.99. The quantitative estimate of drug-likeness (QED) is 0.671. The second-order valence-corrected chi connectivity index (χ2v) is 6.87. The van der Waals surface area contributed by atoms with E-state index in [4.69, 9.17) is 0 Å². The Bertz CT molecular complexity index is 1070. The predicted octanol–water partition coefficient (Wildman–Crippen LogP) is 4.10. The van der Waals surface area contributed by atoms with E-state index < -0.39 is 0 Å². The molecule has 0 radical (unpaired) electrons. The van der Waals surface area contributed by atoms with Crippen LogP contribution in [0.2, 0.25) is 0 Å². The molecule has 0 unspecified atom stereocenters. The number of aromatic nitrogens is 1. The first kappa shape index (κ1) is 17.1. The molecule has 0 saturated carbocycles. The van der Waals surface area contributed by atoms with Gasteiger partial charge in [-0.05, 0) is 41.5 Å². The topological polar surface area (TPSA) is 71.1 Å². The van der Waals surface area contributed by atoms with E-state index in [1.165, 1.54) is 35.6 Å². The van der Waals surface area contributed by atoms with Crippen molar-refractivity contribution in [1.29, 1.82) is 0 Å². The molecule has 1 aliphatic rings. The van der Waals surface area contributed by atoms with E-state index in [9.17, 15) is 14.0 Å². The van der Waals surface area contributed by atoms with Crippen molar-refractivity contribution in [3.8, 4) is 11.3 Å². The first-order chi connectivity index (χ1) is 13.1. The number of carbonyl (C=O) groups excluding carboxylic acids is 2. The fraction of sp³-hybridized carbons (Fsp3) is 0.0500. The SMILES string of the molecule is O=C(/C=C/c1cccc(F)c1)Nc1nc(-c2ccc3c(c2)CC(=O)N3)cs1. The molecule has 1 aromatic heterocycles. The zero-order valence-corrected chi connectivity index (χ0v) is 14.8. The van der Waals surface area contributed by atoms with Gasteiger partial charge < -0.3 is 5.32 Å². The summed E-state index contributed by atoms with van der Waals surface area (Å²) in [4.78, 5) is 27.9. The van der Waals surface area contributed by atoms with Crippen LogP contribution in [-0.4, -0.2) is 16.8 Å². The van der Waals surface area contributed by atoms with Crippen molar-refractivity contribution < 1.29 is 14.0 Å². The lowest BCUT2D eigenvalue weighted by Crippen LogP contribution is -2.07. The number of thiazole rings is 1. The van der Waals surface area contributed by atoms with Crippen molar-refractivity contribution >= 4 is 40.0 Å². The van der Waals surface area contributed by atoms with E-state index in [0.717, 1.165) is 22.5 Å². The number of carbonyl (C=O) groups is 2. The lowest BCUT2D eigenvalue weighted by atomic mass is 10.1. The van der Waals surface area contributed by atoms with Crippen LogP contribution in [0.3, 0.4) is 0 Å². The number of halogens is 1. The van der Waals surface area contributed by atoms with Crippen molar-refractivity contribution in [2.24, 2.45) is 0 Å². The second-order valence-electron chi connectivity index (χ2n) is 6.01. The van der Waals surface area contributed by atoms with E-state index in [-0.39, 0.29) is 17.6 Å². The smallest absolute Gasteiger partial charge is 0.250 e. The number of nitrogens with one attached hydrogen (secondary N) is 2. The molecule has 2 amide bonds. The fourth-order valence-electron chi connectivity index (χ4n) is 2.78. The third-order valence-electron chi connectivity index (χ3n) is 4.04. The standard InChI is InChI=1S/C20H14FN3O2S/c21-15-3-1-2-12(8-15)4-7-18(25)24-20-23-17(11-27-20)13-5-6-16-14(9-13)10-19(26)22-16/h1-9,11H,10H2,(H,22,26)(H,23,24,25)/b7-4+. The minimum Gasteiger partial charge on any atom is -0.326 e. The van der Waals surface area contributed by atoms with Crippen molar-refractivity contribution in [1.82, 2.24) is 4.98 Å². The molecule has 0 spiro atoms. The van der Waals surface area contributed by atoms with Crippen LogP contribution in [-0.2, 0) is 16.0 Å². The Morgan fingerprint density at radius 1 is 1.26 bits per heavy atom. The summed E-state index contributed by atoms with van der Waals surface area (Å²) in [6.45, 7) is 0. The molecular formula is C20H14FN3O2S. The van der Waals surface area contributed by atoms with Gasteiger partial charge in [0.25, 0.3) is 0 Å². The molecule has 0 fully saturated rings. The molecule has 0 atom stereocenters. The molecule has 2 aromatic carbocycles. The van der Waals surface area contributed by atoms with Gasteiger partial charge in [0.15, 0.2) is 5.13 Å². The molecule has 134 valence electrons. The maximum absolute atomic E-state index is 13.1. The fourth-order valence-corrected chi connectivity index (χ4v) is 3.50. The third kappa shape index (κ3) is 3.93. The summed E-state index contributed by atoms with van der Waals surface area (Å²) in [7, 11) is 0. The van der Waals surface area contributed by atoms with E-state index in [2.05, 4.69) is 15.6 Å². The van der Waals surface area contributed by atoms with Gasteiger partial charge in [0, 0.05) is 22.7 Å². The number of hydrogen-bond donors (Lipinski definition) is 2. The number of nitrogens with zero attached hydrogens (tertiary/aromatic N) is 1. The lowest BCUT2D eigenvalue weighted by molar-refractivity contribution is -0.115. The van der Waals surface area contributed by atoms with Crippen LogP contribution in [0.1, 0.15) is 11.1 Å². The summed E-state index contributed by atoms with van der Waals surface area (Å²) < 4.78 is 13.1. The highest BCUT2D eigenvalue weighted by Gasteiger charge is 2.18. The predicted molar refractivity (Wildman–Crippen MR) is 104 cm³/mol. The van der Waals surface area contributed by atoms with Gasteiger partial charge in [-0.1, -0.05) is 18.2 Å². The molecule has 4 rings (SSSR count). The van der Waals surface area contributed by atoms with Crippen LogP contribution in [0, 0.1) is 5.82 Å². The van der Waals surface area contributed by atoms with Gasteiger partial charge in [0.1, 0.15) is 5.82 Å². The summed E-state index contributed by atoms with van der Waals surface area (Å²) in [5, 5.41) is 7.80. The number of benzene rings is 2. The molecule has 5 nitrogen and oxygen atoms in total. The Kier molecular flexibility index (Phi) is 4.52. The van der Waals surface area contributed by atoms with Gasteiger partial charge in [-0.2, -0.15) is 0 Å². The van der Waals surface area contributed by atoms with Crippen molar-refractivity contribution in [2.45, 2.75) is 6.42 Å². The Morgan fingerprint density at radius 3 is 3.00 bits per heavy atom. The van der Waals surface area contributed by atoms with Gasteiger partial charge in [-0.3, -0.25) is 14.9 Å². The van der Waals surface area contributed by atoms with Crippen LogP contribution in [0.4, 0.5) is 15.2 Å². The minimum absolute atomic E-state index is 0.0153. The highest BCUT2D eigenvalue weighted by molar-refractivity contribution is 7.14. The van der Waals surface area contributed by atoms with E-state index in [1.54, 1.807) is 12.1 Å². The molecule has 27 heavy (non-hydrogen) atoms. The summed E-state index contributed by atoms with van der Waals surface area (Å²) in [6.07, 6.45) is 3.24. The summed E-state index contributed by atoms with van der Waals surface area (Å²) in [5.74, 6) is -0.712. The van der Waals surface area contributed by atoms with Crippen molar-refractivity contribution in [2.75, 3.05) is 10.6 Å². The van der Waals surface area contributed by atoms with Crippen LogP contribution in [0.5, 0.6) is 0 Å². The number of rotatable bonds is 4. The zero-order valence-electron chi connectivity index (χ0n) is 14.0. The molecule has 2 N–H and O–H groups in total. The molecule has 3 aromatic rings. The average molecular weight is 379 g/mol. The average Bonchev–Trinajstić information content (AvgIpc) is 3.25. The monoisotopic (exact) mass is 379 g/mol.